The van der Waals surface area contributed by atoms with Gasteiger partial charge in [0.15, 0.2) is 0 Å². The van der Waals surface area contributed by atoms with Crippen molar-refractivity contribution in [3.63, 3.8) is 0 Å². The summed E-state index contributed by atoms with van der Waals surface area (Å²) in [6.45, 7) is 8.92. The number of aryl methyl sites for hydroxylation is 1. The lowest BCUT2D eigenvalue weighted by molar-refractivity contribution is -0.148. The van der Waals surface area contributed by atoms with E-state index in [0.717, 1.165) is 67.5 Å². The molecule has 8 heteroatoms. The van der Waals surface area contributed by atoms with Crippen molar-refractivity contribution in [3.8, 4) is 0 Å². The highest BCUT2D eigenvalue weighted by molar-refractivity contribution is 5.89. The van der Waals surface area contributed by atoms with Gasteiger partial charge in [-0.3, -0.25) is 4.79 Å². The van der Waals surface area contributed by atoms with Crippen molar-refractivity contribution in [2.75, 3.05) is 55.8 Å². The molecule has 2 aromatic heterocycles. The van der Waals surface area contributed by atoms with Crippen molar-refractivity contribution < 1.29 is 14.3 Å². The van der Waals surface area contributed by atoms with Gasteiger partial charge >= 0.3 is 5.97 Å². The summed E-state index contributed by atoms with van der Waals surface area (Å²) in [4.78, 5) is 29.5. The molecule has 8 nitrogen and oxygen atoms in total. The van der Waals surface area contributed by atoms with E-state index in [9.17, 15) is 4.79 Å². The minimum Gasteiger partial charge on any atom is -0.466 e. The second-order valence-corrected chi connectivity index (χ2v) is 7.17. The molecule has 146 valence electrons. The Kier molecular flexibility index (Phi) is 5.15. The number of esters is 1. The Bertz CT molecular complexity index is 807. The predicted molar refractivity (Wildman–Crippen MR) is 103 cm³/mol. The summed E-state index contributed by atoms with van der Waals surface area (Å²) >= 11 is 0. The summed E-state index contributed by atoms with van der Waals surface area (Å²) in [5.74, 6) is 1.62. The van der Waals surface area contributed by atoms with E-state index >= 15 is 0 Å². The summed E-state index contributed by atoms with van der Waals surface area (Å²) in [5.41, 5.74) is 1.94. The standard InChI is InChI=1S/C19H27N5O3/c1-3-27-18(25)14-4-6-23(7-5-14)17-15-12-13(2)20-16(15)21-19(22-17)24-8-10-26-11-9-24/h12,14H,3-11H2,1-2H3,(H,20,21,22). The molecule has 0 amide bonds. The topological polar surface area (TPSA) is 83.6 Å². The molecule has 0 saturated carbocycles. The SMILES string of the molecule is CCOC(=O)C1CCN(c2nc(N3CCOCC3)nc3[nH]c(C)cc23)CC1. The monoisotopic (exact) mass is 373 g/mol. The lowest BCUT2D eigenvalue weighted by Crippen LogP contribution is -2.39. The van der Waals surface area contributed by atoms with Crippen LogP contribution in [0.5, 0.6) is 0 Å². The number of fused-ring (bicyclic) bond motifs is 1. The van der Waals surface area contributed by atoms with E-state index in [4.69, 9.17) is 19.4 Å². The summed E-state index contributed by atoms with van der Waals surface area (Å²) < 4.78 is 10.6. The molecule has 27 heavy (non-hydrogen) atoms. The first-order valence-corrected chi connectivity index (χ1v) is 9.77. The fraction of sp³-hybridized carbons (Fsp3) is 0.632. The third-order valence-corrected chi connectivity index (χ3v) is 5.30. The number of hydrogen-bond donors (Lipinski definition) is 1. The Labute approximate surface area is 158 Å². The molecule has 2 aliphatic heterocycles. The molecule has 0 aromatic carbocycles. The maximum absolute atomic E-state index is 12.0. The molecule has 0 spiro atoms. The molecule has 0 bridgehead atoms. The van der Waals surface area contributed by atoms with Crippen molar-refractivity contribution in [1.29, 1.82) is 0 Å². The van der Waals surface area contributed by atoms with E-state index in [1.54, 1.807) is 0 Å². The van der Waals surface area contributed by atoms with Crippen LogP contribution in [0.15, 0.2) is 6.07 Å². The van der Waals surface area contributed by atoms with Crippen LogP contribution in [0.25, 0.3) is 11.0 Å². The Hall–Kier alpha value is -2.35. The molecular formula is C19H27N5O3. The van der Waals surface area contributed by atoms with Crippen molar-refractivity contribution in [2.24, 2.45) is 5.92 Å². The number of piperidine rings is 1. The molecule has 2 aliphatic rings. The van der Waals surface area contributed by atoms with Gasteiger partial charge in [-0.05, 0) is 32.8 Å². The maximum Gasteiger partial charge on any atom is 0.309 e. The zero-order valence-electron chi connectivity index (χ0n) is 16.0. The molecule has 0 unspecified atom stereocenters. The molecular weight excluding hydrogens is 346 g/mol. The summed E-state index contributed by atoms with van der Waals surface area (Å²) in [6.07, 6.45) is 1.58. The van der Waals surface area contributed by atoms with Gasteiger partial charge < -0.3 is 24.3 Å². The third kappa shape index (κ3) is 3.71. The number of nitrogens with zero attached hydrogens (tertiary/aromatic N) is 4. The highest BCUT2D eigenvalue weighted by Crippen LogP contribution is 2.31. The lowest BCUT2D eigenvalue weighted by Gasteiger charge is -2.33. The van der Waals surface area contributed by atoms with E-state index in [1.165, 1.54) is 0 Å². The highest BCUT2D eigenvalue weighted by Gasteiger charge is 2.28. The van der Waals surface area contributed by atoms with Gasteiger partial charge in [0.05, 0.1) is 31.1 Å². The number of morpholine rings is 1. The van der Waals surface area contributed by atoms with Gasteiger partial charge in [0.1, 0.15) is 11.5 Å². The van der Waals surface area contributed by atoms with Crippen molar-refractivity contribution in [3.05, 3.63) is 11.8 Å². The minimum absolute atomic E-state index is 0.00907. The average Bonchev–Trinajstić information content (AvgIpc) is 3.08. The van der Waals surface area contributed by atoms with Gasteiger partial charge in [-0.2, -0.15) is 9.97 Å². The molecule has 2 fully saturated rings. The lowest BCUT2D eigenvalue weighted by atomic mass is 9.97. The minimum atomic E-state index is -0.0727. The number of H-pyrrole nitrogens is 1. The van der Waals surface area contributed by atoms with Gasteiger partial charge in [0, 0.05) is 31.9 Å². The molecule has 4 rings (SSSR count). The number of rotatable bonds is 4. The van der Waals surface area contributed by atoms with E-state index < -0.39 is 0 Å². The Morgan fingerprint density at radius 2 is 1.96 bits per heavy atom. The number of carbonyl (C=O) groups excluding carboxylic acids is 1. The summed E-state index contributed by atoms with van der Waals surface area (Å²) in [5, 5.41) is 1.04. The van der Waals surface area contributed by atoms with Crippen molar-refractivity contribution in [2.45, 2.75) is 26.7 Å². The molecule has 0 aliphatic carbocycles. The van der Waals surface area contributed by atoms with E-state index in [-0.39, 0.29) is 11.9 Å². The molecule has 0 radical (unpaired) electrons. The quantitative estimate of drug-likeness (QED) is 0.819. The number of ether oxygens (including phenoxy) is 2. The number of aromatic nitrogens is 3. The van der Waals surface area contributed by atoms with E-state index in [2.05, 4.69) is 20.9 Å². The first-order valence-electron chi connectivity index (χ1n) is 9.77. The molecule has 2 aromatic rings. The zero-order valence-corrected chi connectivity index (χ0v) is 16.0. The van der Waals surface area contributed by atoms with Crippen LogP contribution in [0, 0.1) is 12.8 Å². The van der Waals surface area contributed by atoms with Crippen LogP contribution in [0.4, 0.5) is 11.8 Å². The van der Waals surface area contributed by atoms with Crippen LogP contribution in [-0.4, -0.2) is 66.9 Å². The van der Waals surface area contributed by atoms with Crippen LogP contribution in [0.2, 0.25) is 0 Å². The Morgan fingerprint density at radius 3 is 2.67 bits per heavy atom. The largest absolute Gasteiger partial charge is 0.466 e. The van der Waals surface area contributed by atoms with Gasteiger partial charge in [-0.15, -0.1) is 0 Å². The Morgan fingerprint density at radius 1 is 1.22 bits per heavy atom. The number of hydrogen-bond acceptors (Lipinski definition) is 7. The number of anilines is 2. The van der Waals surface area contributed by atoms with Crippen LogP contribution in [-0.2, 0) is 14.3 Å². The highest BCUT2D eigenvalue weighted by atomic mass is 16.5. The smallest absolute Gasteiger partial charge is 0.309 e. The molecule has 1 N–H and O–H groups in total. The molecule has 4 heterocycles. The Balaban J connectivity index is 1.59. The number of nitrogens with one attached hydrogen (secondary N) is 1. The first kappa shape index (κ1) is 18.0. The zero-order chi connectivity index (χ0) is 18.8. The van der Waals surface area contributed by atoms with Crippen LogP contribution in [0.1, 0.15) is 25.5 Å². The fourth-order valence-corrected chi connectivity index (χ4v) is 3.85. The normalized spacial score (nSPS) is 18.9. The van der Waals surface area contributed by atoms with Gasteiger partial charge in [0.25, 0.3) is 0 Å². The van der Waals surface area contributed by atoms with Crippen LogP contribution >= 0.6 is 0 Å². The average molecular weight is 373 g/mol. The predicted octanol–water partition coefficient (Wildman–Crippen LogP) is 1.88. The molecule has 0 atom stereocenters. The second kappa shape index (κ2) is 7.72. The van der Waals surface area contributed by atoms with Crippen molar-refractivity contribution in [1.82, 2.24) is 15.0 Å². The van der Waals surface area contributed by atoms with E-state index in [1.807, 2.05) is 13.8 Å². The van der Waals surface area contributed by atoms with Crippen LogP contribution in [0.3, 0.4) is 0 Å². The fourth-order valence-electron chi connectivity index (χ4n) is 3.85. The summed E-state index contributed by atoms with van der Waals surface area (Å²) in [6, 6.07) is 2.10. The number of carbonyl (C=O) groups is 1. The summed E-state index contributed by atoms with van der Waals surface area (Å²) in [7, 11) is 0. The molecule has 2 saturated heterocycles. The second-order valence-electron chi connectivity index (χ2n) is 7.17. The van der Waals surface area contributed by atoms with Crippen LogP contribution < -0.4 is 9.80 Å². The van der Waals surface area contributed by atoms with Crippen molar-refractivity contribution >= 4 is 28.8 Å². The van der Waals surface area contributed by atoms with Gasteiger partial charge in [-0.1, -0.05) is 0 Å². The third-order valence-electron chi connectivity index (χ3n) is 5.30. The van der Waals surface area contributed by atoms with Gasteiger partial charge in [-0.25, -0.2) is 0 Å². The van der Waals surface area contributed by atoms with E-state index in [0.29, 0.717) is 19.8 Å². The maximum atomic E-state index is 12.0. The first-order chi connectivity index (χ1) is 13.2. The number of aromatic amines is 1. The van der Waals surface area contributed by atoms with Gasteiger partial charge in [0.2, 0.25) is 5.95 Å².